The van der Waals surface area contributed by atoms with Crippen LogP contribution in [0.25, 0.3) is 11.1 Å². The van der Waals surface area contributed by atoms with E-state index in [1.807, 2.05) is 37.3 Å². The summed E-state index contributed by atoms with van der Waals surface area (Å²) in [5.74, 6) is 0. The van der Waals surface area contributed by atoms with Gasteiger partial charge in [-0.1, -0.05) is 42.7 Å². The van der Waals surface area contributed by atoms with E-state index in [2.05, 4.69) is 4.98 Å². The first kappa shape index (κ1) is 15.7. The molecule has 1 aliphatic rings. The molecule has 0 amide bonds. The van der Waals surface area contributed by atoms with Crippen molar-refractivity contribution >= 4 is 9.84 Å². The molecule has 0 saturated heterocycles. The van der Waals surface area contributed by atoms with Crippen LogP contribution in [0.3, 0.4) is 0 Å². The molecule has 5 heteroatoms. The van der Waals surface area contributed by atoms with E-state index >= 15 is 0 Å². The van der Waals surface area contributed by atoms with E-state index in [1.54, 1.807) is 6.07 Å². The molecule has 1 fully saturated rings. The first-order valence-corrected chi connectivity index (χ1v) is 9.28. The van der Waals surface area contributed by atoms with Gasteiger partial charge in [-0.25, -0.2) is 13.4 Å². The molecule has 0 atom stereocenters. The molecule has 2 aromatic rings. The average Bonchev–Trinajstić information content (AvgIpc) is 3.10. The topological polar surface area (TPSA) is 70.8 Å². The highest BCUT2D eigenvalue weighted by Crippen LogP contribution is 2.36. The second-order valence-electron chi connectivity index (χ2n) is 5.97. The van der Waals surface area contributed by atoms with Crippen molar-refractivity contribution < 1.29 is 8.42 Å². The summed E-state index contributed by atoms with van der Waals surface area (Å²) in [5.41, 5.74) is 2.47. The number of nitriles is 1. The van der Waals surface area contributed by atoms with Crippen LogP contribution in [-0.2, 0) is 9.84 Å². The van der Waals surface area contributed by atoms with Gasteiger partial charge in [-0.3, -0.25) is 0 Å². The molecule has 1 aromatic carbocycles. The van der Waals surface area contributed by atoms with E-state index < -0.39 is 15.1 Å². The zero-order valence-corrected chi connectivity index (χ0v) is 13.8. The molecule has 23 heavy (non-hydrogen) atoms. The fourth-order valence-electron chi connectivity index (χ4n) is 3.14. The van der Waals surface area contributed by atoms with Gasteiger partial charge >= 0.3 is 0 Å². The molecule has 0 spiro atoms. The van der Waals surface area contributed by atoms with Crippen LogP contribution in [-0.4, -0.2) is 18.7 Å². The number of hydrogen-bond donors (Lipinski definition) is 0. The van der Waals surface area contributed by atoms with Gasteiger partial charge in [0.2, 0.25) is 0 Å². The Kier molecular flexibility index (Phi) is 4.18. The Labute approximate surface area is 136 Å². The van der Waals surface area contributed by atoms with Crippen LogP contribution in [0, 0.1) is 18.3 Å². The number of rotatable bonds is 3. The van der Waals surface area contributed by atoms with Crippen molar-refractivity contribution in [2.45, 2.75) is 42.8 Å². The summed E-state index contributed by atoms with van der Waals surface area (Å²) in [6.45, 7) is 1.98. The fourth-order valence-corrected chi connectivity index (χ4v) is 5.29. The number of aryl methyl sites for hydroxylation is 1. The average molecular weight is 326 g/mol. The second kappa shape index (κ2) is 6.13. The number of sulfone groups is 1. The van der Waals surface area contributed by atoms with E-state index in [0.717, 1.165) is 24.0 Å². The monoisotopic (exact) mass is 326 g/mol. The molecular weight excluding hydrogens is 308 g/mol. The molecule has 4 nitrogen and oxygen atoms in total. The summed E-state index contributed by atoms with van der Waals surface area (Å²) in [6, 6.07) is 11.3. The SMILES string of the molecule is Cc1ccc(-c2ccnc(C#N)c2S(=O)(=O)C2CCCC2)cc1. The third-order valence-corrected chi connectivity index (χ3v) is 6.73. The maximum atomic E-state index is 13.1. The summed E-state index contributed by atoms with van der Waals surface area (Å²) < 4.78 is 26.2. The number of pyridine rings is 1. The van der Waals surface area contributed by atoms with Gasteiger partial charge < -0.3 is 0 Å². The van der Waals surface area contributed by atoms with Crippen LogP contribution in [0.2, 0.25) is 0 Å². The first-order chi connectivity index (χ1) is 11.0. The van der Waals surface area contributed by atoms with E-state index in [-0.39, 0.29) is 10.6 Å². The van der Waals surface area contributed by atoms with Gasteiger partial charge in [-0.2, -0.15) is 5.26 Å². The highest BCUT2D eigenvalue weighted by Gasteiger charge is 2.34. The Bertz CT molecular complexity index is 859. The lowest BCUT2D eigenvalue weighted by molar-refractivity contribution is 0.579. The number of benzene rings is 1. The van der Waals surface area contributed by atoms with Crippen LogP contribution >= 0.6 is 0 Å². The fraction of sp³-hybridized carbons (Fsp3) is 0.333. The van der Waals surface area contributed by atoms with Crippen molar-refractivity contribution in [1.82, 2.24) is 4.98 Å². The molecule has 3 rings (SSSR count). The molecule has 0 bridgehead atoms. The number of aromatic nitrogens is 1. The standard InChI is InChI=1S/C18H18N2O2S/c1-13-6-8-14(9-7-13)16-10-11-20-17(12-19)18(16)23(21,22)15-4-2-3-5-15/h6-11,15H,2-5H2,1H3. The van der Waals surface area contributed by atoms with Gasteiger partial charge in [0.1, 0.15) is 11.0 Å². The van der Waals surface area contributed by atoms with Gasteiger partial charge in [0, 0.05) is 11.8 Å². The lowest BCUT2D eigenvalue weighted by atomic mass is 10.0. The van der Waals surface area contributed by atoms with E-state index in [1.165, 1.54) is 6.20 Å². The Morgan fingerprint density at radius 3 is 2.39 bits per heavy atom. The molecule has 1 saturated carbocycles. The molecule has 0 unspecified atom stereocenters. The molecular formula is C18H18N2O2S. The third-order valence-electron chi connectivity index (χ3n) is 4.40. The highest BCUT2D eigenvalue weighted by molar-refractivity contribution is 7.92. The quantitative estimate of drug-likeness (QED) is 0.863. The van der Waals surface area contributed by atoms with Gasteiger partial charge in [0.05, 0.1) is 5.25 Å². The summed E-state index contributed by atoms with van der Waals surface area (Å²) in [5, 5.41) is 8.96. The van der Waals surface area contributed by atoms with Gasteiger partial charge in [-0.05, 0) is 31.4 Å². The van der Waals surface area contributed by atoms with Gasteiger partial charge in [0.25, 0.3) is 0 Å². The molecule has 1 aliphatic carbocycles. The highest BCUT2D eigenvalue weighted by atomic mass is 32.2. The maximum absolute atomic E-state index is 13.1. The Balaban J connectivity index is 2.22. The lowest BCUT2D eigenvalue weighted by Crippen LogP contribution is -2.20. The van der Waals surface area contributed by atoms with Crippen molar-refractivity contribution in [3.8, 4) is 17.2 Å². The lowest BCUT2D eigenvalue weighted by Gasteiger charge is -2.16. The molecule has 1 heterocycles. The van der Waals surface area contributed by atoms with Crippen molar-refractivity contribution in [3.05, 3.63) is 47.8 Å². The Morgan fingerprint density at radius 2 is 1.78 bits per heavy atom. The summed E-state index contributed by atoms with van der Waals surface area (Å²) in [4.78, 5) is 4.09. The normalized spacial score (nSPS) is 15.5. The van der Waals surface area contributed by atoms with Crippen LogP contribution in [0.15, 0.2) is 41.4 Å². The first-order valence-electron chi connectivity index (χ1n) is 7.74. The van der Waals surface area contributed by atoms with Gasteiger partial charge in [0.15, 0.2) is 15.5 Å². The molecule has 0 aliphatic heterocycles. The predicted molar refractivity (Wildman–Crippen MR) is 88.6 cm³/mol. The number of nitrogens with zero attached hydrogens (tertiary/aromatic N) is 2. The predicted octanol–water partition coefficient (Wildman–Crippen LogP) is 3.65. The summed E-state index contributed by atoms with van der Waals surface area (Å²) >= 11 is 0. The summed E-state index contributed by atoms with van der Waals surface area (Å²) in [6.07, 6.45) is 4.67. The smallest absolute Gasteiger partial charge is 0.184 e. The summed E-state index contributed by atoms with van der Waals surface area (Å²) in [7, 11) is -3.56. The van der Waals surface area contributed by atoms with Gasteiger partial charge in [-0.15, -0.1) is 0 Å². The molecule has 118 valence electrons. The molecule has 0 N–H and O–H groups in total. The number of hydrogen-bond acceptors (Lipinski definition) is 4. The van der Waals surface area contributed by atoms with E-state index in [4.69, 9.17) is 0 Å². The second-order valence-corrected chi connectivity index (χ2v) is 8.13. The minimum absolute atomic E-state index is 0.00465. The zero-order valence-electron chi connectivity index (χ0n) is 13.0. The van der Waals surface area contributed by atoms with Crippen LogP contribution in [0.4, 0.5) is 0 Å². The zero-order chi connectivity index (χ0) is 16.4. The Morgan fingerprint density at radius 1 is 1.13 bits per heavy atom. The Hall–Kier alpha value is -2.19. The van der Waals surface area contributed by atoms with Crippen molar-refractivity contribution in [2.24, 2.45) is 0 Å². The van der Waals surface area contributed by atoms with E-state index in [0.29, 0.717) is 18.4 Å². The van der Waals surface area contributed by atoms with Crippen molar-refractivity contribution in [1.29, 1.82) is 5.26 Å². The largest absolute Gasteiger partial charge is 0.244 e. The van der Waals surface area contributed by atoms with Crippen molar-refractivity contribution in [2.75, 3.05) is 0 Å². The minimum Gasteiger partial charge on any atom is -0.244 e. The third kappa shape index (κ3) is 2.87. The van der Waals surface area contributed by atoms with Crippen molar-refractivity contribution in [3.63, 3.8) is 0 Å². The van der Waals surface area contributed by atoms with E-state index in [9.17, 15) is 13.7 Å². The maximum Gasteiger partial charge on any atom is 0.184 e. The van der Waals surface area contributed by atoms with Crippen LogP contribution in [0.5, 0.6) is 0 Å². The molecule has 0 radical (unpaired) electrons. The van der Waals surface area contributed by atoms with Crippen LogP contribution < -0.4 is 0 Å². The molecule has 1 aromatic heterocycles. The minimum atomic E-state index is -3.56. The van der Waals surface area contributed by atoms with Crippen LogP contribution in [0.1, 0.15) is 36.9 Å².